The average molecular weight is 314 g/mol. The Morgan fingerprint density at radius 1 is 0.952 bits per heavy atom. The summed E-state index contributed by atoms with van der Waals surface area (Å²) in [7, 11) is 0. The first-order valence-electron chi connectivity index (χ1n) is 6.43. The number of aromatic nitrogens is 3. The van der Waals surface area contributed by atoms with Gasteiger partial charge in [-0.15, -0.1) is 10.2 Å². The van der Waals surface area contributed by atoms with E-state index in [2.05, 4.69) is 21.2 Å². The minimum atomic E-state index is 0.757. The smallest absolute Gasteiger partial charge is 0.119 e. The number of halogens is 1. The summed E-state index contributed by atoms with van der Waals surface area (Å²) < 4.78 is 0. The van der Waals surface area contributed by atoms with Crippen molar-refractivity contribution in [1.29, 1.82) is 0 Å². The van der Waals surface area contributed by atoms with E-state index in [-0.39, 0.29) is 0 Å². The monoisotopic (exact) mass is 313 g/mol. The molecule has 3 aromatic rings. The van der Waals surface area contributed by atoms with Crippen molar-refractivity contribution in [1.82, 2.24) is 15.2 Å². The van der Waals surface area contributed by atoms with Gasteiger partial charge in [0.1, 0.15) is 5.03 Å². The van der Waals surface area contributed by atoms with E-state index in [9.17, 15) is 0 Å². The molecule has 104 valence electrons. The topological polar surface area (TPSA) is 38.7 Å². The Balaban J connectivity index is 1.68. The van der Waals surface area contributed by atoms with Crippen molar-refractivity contribution in [2.75, 3.05) is 0 Å². The standard InChI is InChI=1S/C16H12ClN3S/c17-14-3-1-2-12(10-14)11-21-16-5-4-15(19-20-16)13-6-8-18-9-7-13/h1-10H,11H2. The third kappa shape index (κ3) is 3.80. The molecule has 0 saturated heterocycles. The molecule has 0 bridgehead atoms. The Bertz CT molecular complexity index is 717. The molecule has 0 saturated carbocycles. The first-order valence-corrected chi connectivity index (χ1v) is 7.79. The SMILES string of the molecule is Clc1cccc(CSc2ccc(-c3ccncc3)nn2)c1. The van der Waals surface area contributed by atoms with Gasteiger partial charge in [-0.3, -0.25) is 4.98 Å². The highest BCUT2D eigenvalue weighted by Crippen LogP contribution is 2.23. The summed E-state index contributed by atoms with van der Waals surface area (Å²) in [5.41, 5.74) is 3.04. The van der Waals surface area contributed by atoms with Crippen LogP contribution in [0.25, 0.3) is 11.3 Å². The van der Waals surface area contributed by atoms with Crippen LogP contribution in [0.5, 0.6) is 0 Å². The maximum atomic E-state index is 5.97. The molecule has 0 aliphatic rings. The van der Waals surface area contributed by atoms with Crippen LogP contribution < -0.4 is 0 Å². The molecule has 0 aliphatic heterocycles. The molecule has 0 N–H and O–H groups in total. The number of nitrogens with zero attached hydrogens (tertiary/aromatic N) is 3. The first kappa shape index (κ1) is 14.0. The second-order valence-corrected chi connectivity index (χ2v) is 5.84. The van der Waals surface area contributed by atoms with Crippen LogP contribution in [0.3, 0.4) is 0 Å². The zero-order chi connectivity index (χ0) is 14.5. The van der Waals surface area contributed by atoms with Crippen molar-refractivity contribution >= 4 is 23.4 Å². The van der Waals surface area contributed by atoms with Crippen LogP contribution in [0.1, 0.15) is 5.56 Å². The van der Waals surface area contributed by atoms with E-state index < -0.39 is 0 Å². The third-order valence-electron chi connectivity index (χ3n) is 2.89. The summed E-state index contributed by atoms with van der Waals surface area (Å²) in [5, 5.41) is 10.2. The number of benzene rings is 1. The van der Waals surface area contributed by atoms with Gasteiger partial charge in [-0.25, -0.2) is 0 Å². The van der Waals surface area contributed by atoms with Gasteiger partial charge in [0, 0.05) is 28.7 Å². The van der Waals surface area contributed by atoms with Gasteiger partial charge in [0.05, 0.1) is 5.69 Å². The van der Waals surface area contributed by atoms with Gasteiger partial charge in [-0.2, -0.15) is 0 Å². The predicted molar refractivity (Wildman–Crippen MR) is 86.3 cm³/mol. The van der Waals surface area contributed by atoms with E-state index in [1.165, 1.54) is 5.56 Å². The van der Waals surface area contributed by atoms with E-state index >= 15 is 0 Å². The zero-order valence-corrected chi connectivity index (χ0v) is 12.7. The third-order valence-corrected chi connectivity index (χ3v) is 4.12. The lowest BCUT2D eigenvalue weighted by Gasteiger charge is -2.03. The highest BCUT2D eigenvalue weighted by molar-refractivity contribution is 7.98. The van der Waals surface area contributed by atoms with Crippen LogP contribution in [0.2, 0.25) is 5.02 Å². The van der Waals surface area contributed by atoms with E-state index in [4.69, 9.17) is 11.6 Å². The van der Waals surface area contributed by atoms with Crippen LogP contribution in [0.4, 0.5) is 0 Å². The fourth-order valence-electron chi connectivity index (χ4n) is 1.86. The lowest BCUT2D eigenvalue weighted by Crippen LogP contribution is -1.90. The summed E-state index contributed by atoms with van der Waals surface area (Å²) in [6.07, 6.45) is 3.50. The summed E-state index contributed by atoms with van der Waals surface area (Å²) in [4.78, 5) is 4.00. The molecule has 0 radical (unpaired) electrons. The van der Waals surface area contributed by atoms with Gasteiger partial charge in [0.2, 0.25) is 0 Å². The van der Waals surface area contributed by atoms with Crippen LogP contribution in [-0.4, -0.2) is 15.2 Å². The molecule has 21 heavy (non-hydrogen) atoms. The molecular formula is C16H12ClN3S. The summed E-state index contributed by atoms with van der Waals surface area (Å²) >= 11 is 7.61. The summed E-state index contributed by atoms with van der Waals surface area (Å²) in [6.45, 7) is 0. The molecule has 3 nitrogen and oxygen atoms in total. The minimum Gasteiger partial charge on any atom is -0.265 e. The lowest BCUT2D eigenvalue weighted by atomic mass is 10.2. The number of hydrogen-bond donors (Lipinski definition) is 0. The van der Waals surface area contributed by atoms with E-state index in [0.717, 1.165) is 27.1 Å². The molecule has 5 heteroatoms. The van der Waals surface area contributed by atoms with Crippen LogP contribution >= 0.6 is 23.4 Å². The van der Waals surface area contributed by atoms with Gasteiger partial charge in [-0.1, -0.05) is 35.5 Å². The van der Waals surface area contributed by atoms with E-state index in [1.807, 2.05) is 42.5 Å². The van der Waals surface area contributed by atoms with Gasteiger partial charge in [-0.05, 0) is 42.0 Å². The number of hydrogen-bond acceptors (Lipinski definition) is 4. The number of rotatable bonds is 4. The Morgan fingerprint density at radius 3 is 2.52 bits per heavy atom. The van der Waals surface area contributed by atoms with Gasteiger partial charge in [0.25, 0.3) is 0 Å². The molecule has 0 fully saturated rings. The first-order chi connectivity index (χ1) is 10.3. The molecule has 0 atom stereocenters. The summed E-state index contributed by atoms with van der Waals surface area (Å²) in [5.74, 6) is 0.823. The van der Waals surface area contributed by atoms with Crippen molar-refractivity contribution in [3.8, 4) is 11.3 Å². The molecule has 0 aliphatic carbocycles. The van der Waals surface area contributed by atoms with Crippen LogP contribution in [0, 0.1) is 0 Å². The zero-order valence-electron chi connectivity index (χ0n) is 11.1. The summed E-state index contributed by atoms with van der Waals surface area (Å²) in [6, 6.07) is 15.6. The minimum absolute atomic E-state index is 0.757. The molecule has 1 aromatic carbocycles. The average Bonchev–Trinajstić information content (AvgIpc) is 2.54. The van der Waals surface area contributed by atoms with Crippen LogP contribution in [0.15, 0.2) is 66.0 Å². The fourth-order valence-corrected chi connectivity index (χ4v) is 2.83. The van der Waals surface area contributed by atoms with Crippen molar-refractivity contribution in [3.63, 3.8) is 0 Å². The highest BCUT2D eigenvalue weighted by Gasteiger charge is 2.02. The second kappa shape index (κ2) is 6.70. The van der Waals surface area contributed by atoms with E-state index in [1.54, 1.807) is 24.2 Å². The maximum Gasteiger partial charge on any atom is 0.119 e. The quantitative estimate of drug-likeness (QED) is 0.665. The van der Waals surface area contributed by atoms with Gasteiger partial charge < -0.3 is 0 Å². The molecule has 3 rings (SSSR count). The van der Waals surface area contributed by atoms with Crippen LogP contribution in [-0.2, 0) is 5.75 Å². The molecular weight excluding hydrogens is 302 g/mol. The Kier molecular flexibility index (Phi) is 4.48. The van der Waals surface area contributed by atoms with E-state index in [0.29, 0.717) is 0 Å². The van der Waals surface area contributed by atoms with Crippen molar-refractivity contribution in [2.45, 2.75) is 10.8 Å². The molecule has 2 aromatic heterocycles. The normalized spacial score (nSPS) is 10.5. The van der Waals surface area contributed by atoms with Crippen molar-refractivity contribution in [2.24, 2.45) is 0 Å². The molecule has 0 spiro atoms. The molecule has 2 heterocycles. The highest BCUT2D eigenvalue weighted by atomic mass is 35.5. The maximum absolute atomic E-state index is 5.97. The Hall–Kier alpha value is -1.91. The number of thioether (sulfide) groups is 1. The van der Waals surface area contributed by atoms with Crippen molar-refractivity contribution in [3.05, 3.63) is 71.5 Å². The lowest BCUT2D eigenvalue weighted by molar-refractivity contribution is 0.935. The fraction of sp³-hybridized carbons (Fsp3) is 0.0625. The predicted octanol–water partition coefficient (Wildman–Crippen LogP) is 4.48. The largest absolute Gasteiger partial charge is 0.265 e. The van der Waals surface area contributed by atoms with Gasteiger partial charge >= 0.3 is 0 Å². The van der Waals surface area contributed by atoms with Gasteiger partial charge in [0.15, 0.2) is 0 Å². The second-order valence-electron chi connectivity index (χ2n) is 4.41. The Labute approximate surface area is 132 Å². The number of pyridine rings is 1. The van der Waals surface area contributed by atoms with Crippen molar-refractivity contribution < 1.29 is 0 Å². The molecule has 0 amide bonds. The Morgan fingerprint density at radius 2 is 1.81 bits per heavy atom. The molecule has 0 unspecified atom stereocenters.